The van der Waals surface area contributed by atoms with E-state index in [2.05, 4.69) is 10.00 Å². The van der Waals surface area contributed by atoms with E-state index >= 15 is 0 Å². The predicted molar refractivity (Wildman–Crippen MR) is 99.5 cm³/mol. The minimum Gasteiger partial charge on any atom is -0.476 e. The van der Waals surface area contributed by atoms with Gasteiger partial charge in [-0.3, -0.25) is 14.4 Å². The fourth-order valence-electron chi connectivity index (χ4n) is 4.00. The van der Waals surface area contributed by atoms with Gasteiger partial charge in [0.1, 0.15) is 5.82 Å². The smallest absolute Gasteiger partial charge is 0.356 e. The summed E-state index contributed by atoms with van der Waals surface area (Å²) in [5.41, 5.74) is 2.29. The lowest BCUT2D eigenvalue weighted by Crippen LogP contribution is -2.42. The summed E-state index contributed by atoms with van der Waals surface area (Å²) in [6, 6.07) is 6.08. The molecular weight excluding hydrogens is 363 g/mol. The van der Waals surface area contributed by atoms with Gasteiger partial charge in [0.2, 0.25) is 5.91 Å². The van der Waals surface area contributed by atoms with Crippen LogP contribution in [-0.4, -0.2) is 62.7 Å². The van der Waals surface area contributed by atoms with E-state index in [0.29, 0.717) is 31.6 Å². The number of aromatic carboxylic acids is 1. The Morgan fingerprint density at radius 1 is 1.11 bits per heavy atom. The zero-order valence-corrected chi connectivity index (χ0v) is 15.6. The number of hydrogen-bond acceptors (Lipinski definition) is 4. The Hall–Kier alpha value is -2.74. The van der Waals surface area contributed by atoms with Crippen molar-refractivity contribution in [3.8, 4) is 0 Å². The van der Waals surface area contributed by atoms with Crippen LogP contribution in [0.2, 0.25) is 0 Å². The van der Waals surface area contributed by atoms with Gasteiger partial charge >= 0.3 is 5.97 Å². The number of halogens is 1. The van der Waals surface area contributed by atoms with Crippen molar-refractivity contribution < 1.29 is 19.1 Å². The number of nitrogens with zero attached hydrogens (tertiary/aromatic N) is 4. The number of carboxylic acids is 1. The van der Waals surface area contributed by atoms with Gasteiger partial charge in [-0.2, -0.15) is 5.10 Å². The van der Waals surface area contributed by atoms with Crippen molar-refractivity contribution in [2.75, 3.05) is 26.2 Å². The van der Waals surface area contributed by atoms with Crippen molar-refractivity contribution in [1.29, 1.82) is 0 Å². The number of likely N-dealkylation sites (tertiary alicyclic amines) is 1. The molecule has 1 aromatic heterocycles. The highest BCUT2D eigenvalue weighted by Gasteiger charge is 2.30. The molecule has 1 N–H and O–H groups in total. The number of amides is 1. The highest BCUT2D eigenvalue weighted by atomic mass is 19.1. The molecule has 1 fully saturated rings. The molecule has 0 spiro atoms. The van der Waals surface area contributed by atoms with Gasteiger partial charge in [-0.15, -0.1) is 0 Å². The lowest BCUT2D eigenvalue weighted by Gasteiger charge is -2.29. The van der Waals surface area contributed by atoms with E-state index < -0.39 is 5.97 Å². The summed E-state index contributed by atoms with van der Waals surface area (Å²) in [6.45, 7) is 3.47. The predicted octanol–water partition coefficient (Wildman–Crippen LogP) is 1.75. The monoisotopic (exact) mass is 386 g/mol. The second kappa shape index (κ2) is 7.71. The van der Waals surface area contributed by atoms with E-state index in [1.807, 2.05) is 0 Å². The minimum absolute atomic E-state index is 0.00390. The number of aromatic nitrogens is 2. The number of fused-ring (bicyclic) bond motifs is 1. The van der Waals surface area contributed by atoms with Crippen molar-refractivity contribution in [3.05, 3.63) is 52.6 Å². The summed E-state index contributed by atoms with van der Waals surface area (Å²) >= 11 is 0. The Morgan fingerprint density at radius 3 is 2.50 bits per heavy atom. The van der Waals surface area contributed by atoms with Crippen LogP contribution in [0.4, 0.5) is 4.39 Å². The number of benzene rings is 1. The molecule has 3 heterocycles. The highest BCUT2D eigenvalue weighted by Crippen LogP contribution is 2.24. The average Bonchev–Trinajstić information content (AvgIpc) is 3.31. The second-order valence-corrected chi connectivity index (χ2v) is 7.41. The number of rotatable bonds is 5. The van der Waals surface area contributed by atoms with E-state index in [0.717, 1.165) is 37.2 Å². The molecule has 0 aliphatic carbocycles. The van der Waals surface area contributed by atoms with Gasteiger partial charge in [0.05, 0.1) is 13.1 Å². The van der Waals surface area contributed by atoms with Gasteiger partial charge in [0.15, 0.2) is 5.69 Å². The number of hydrogen-bond donors (Lipinski definition) is 1. The Balaban J connectivity index is 1.54. The van der Waals surface area contributed by atoms with Crippen molar-refractivity contribution >= 4 is 11.9 Å². The van der Waals surface area contributed by atoms with Gasteiger partial charge in [-0.1, -0.05) is 12.1 Å². The summed E-state index contributed by atoms with van der Waals surface area (Å²) in [6.07, 6.45) is 2.80. The normalized spacial score (nSPS) is 17.0. The SMILES string of the molecule is O=C(O)c1nn(Cc2ccc(F)cc2)c2c1CN(C(=O)CN1CCCC1)CC2. The first-order valence-corrected chi connectivity index (χ1v) is 9.57. The van der Waals surface area contributed by atoms with E-state index in [4.69, 9.17) is 0 Å². The summed E-state index contributed by atoms with van der Waals surface area (Å²) in [4.78, 5) is 28.2. The molecule has 0 atom stereocenters. The minimum atomic E-state index is -1.09. The maximum Gasteiger partial charge on any atom is 0.356 e. The van der Waals surface area contributed by atoms with Crippen molar-refractivity contribution in [3.63, 3.8) is 0 Å². The molecule has 0 bridgehead atoms. The third-order valence-corrected chi connectivity index (χ3v) is 5.49. The van der Waals surface area contributed by atoms with Crippen LogP contribution in [0, 0.1) is 5.82 Å². The fourth-order valence-corrected chi connectivity index (χ4v) is 4.00. The molecule has 8 heteroatoms. The van der Waals surface area contributed by atoms with E-state index in [1.165, 1.54) is 12.1 Å². The molecular formula is C20H23FN4O3. The Bertz CT molecular complexity index is 888. The number of carbonyl (C=O) groups is 2. The zero-order valence-electron chi connectivity index (χ0n) is 15.6. The Morgan fingerprint density at radius 2 is 1.82 bits per heavy atom. The van der Waals surface area contributed by atoms with Crippen LogP contribution >= 0.6 is 0 Å². The van der Waals surface area contributed by atoms with Crippen LogP contribution in [0.25, 0.3) is 0 Å². The van der Waals surface area contributed by atoms with Crippen LogP contribution in [-0.2, 0) is 24.3 Å². The molecule has 7 nitrogen and oxygen atoms in total. The summed E-state index contributed by atoms with van der Waals surface area (Å²) in [7, 11) is 0. The average molecular weight is 386 g/mol. The molecule has 2 aliphatic rings. The van der Waals surface area contributed by atoms with Crippen LogP contribution in [0.15, 0.2) is 24.3 Å². The van der Waals surface area contributed by atoms with E-state index in [9.17, 15) is 19.1 Å². The van der Waals surface area contributed by atoms with Gasteiger partial charge < -0.3 is 10.0 Å². The van der Waals surface area contributed by atoms with E-state index in [-0.39, 0.29) is 24.0 Å². The van der Waals surface area contributed by atoms with Gasteiger partial charge in [0.25, 0.3) is 0 Å². The quantitative estimate of drug-likeness (QED) is 0.847. The number of carbonyl (C=O) groups excluding carboxylic acids is 1. The summed E-state index contributed by atoms with van der Waals surface area (Å²) in [5.74, 6) is -1.37. The first kappa shape index (κ1) is 18.6. The second-order valence-electron chi connectivity index (χ2n) is 7.41. The van der Waals surface area contributed by atoms with Gasteiger partial charge in [-0.05, 0) is 43.6 Å². The number of carboxylic acid groups (broad SMARTS) is 1. The summed E-state index contributed by atoms with van der Waals surface area (Å²) < 4.78 is 14.8. The van der Waals surface area contributed by atoms with Crippen molar-refractivity contribution in [2.45, 2.75) is 32.4 Å². The topological polar surface area (TPSA) is 78.7 Å². The fraction of sp³-hybridized carbons (Fsp3) is 0.450. The van der Waals surface area contributed by atoms with E-state index in [1.54, 1.807) is 21.7 Å². The van der Waals surface area contributed by atoms with Gasteiger partial charge in [-0.25, -0.2) is 9.18 Å². The molecule has 2 aliphatic heterocycles. The van der Waals surface area contributed by atoms with Crippen LogP contribution in [0.3, 0.4) is 0 Å². The Kier molecular flexibility index (Phi) is 5.13. The lowest BCUT2D eigenvalue weighted by atomic mass is 10.0. The largest absolute Gasteiger partial charge is 0.476 e. The molecule has 0 unspecified atom stereocenters. The first-order valence-electron chi connectivity index (χ1n) is 9.57. The molecule has 0 radical (unpaired) electrons. The van der Waals surface area contributed by atoms with Crippen LogP contribution < -0.4 is 0 Å². The van der Waals surface area contributed by atoms with Crippen molar-refractivity contribution in [1.82, 2.24) is 19.6 Å². The van der Waals surface area contributed by atoms with Crippen LogP contribution in [0.1, 0.15) is 40.2 Å². The maximum atomic E-state index is 13.1. The molecule has 1 aromatic carbocycles. The van der Waals surface area contributed by atoms with Crippen molar-refractivity contribution in [2.24, 2.45) is 0 Å². The lowest BCUT2D eigenvalue weighted by molar-refractivity contribution is -0.133. The highest BCUT2D eigenvalue weighted by molar-refractivity contribution is 5.88. The third kappa shape index (κ3) is 3.77. The standard InChI is InChI=1S/C20H23FN4O3/c21-15-5-3-14(4-6-15)11-25-17-7-10-24(12-16(17)19(22-25)20(27)28)18(26)13-23-8-1-2-9-23/h3-6H,1-2,7-13H2,(H,27,28). The zero-order chi connectivity index (χ0) is 19.7. The van der Waals surface area contributed by atoms with Gasteiger partial charge in [0, 0.05) is 30.8 Å². The summed E-state index contributed by atoms with van der Waals surface area (Å²) in [5, 5.41) is 13.9. The molecule has 28 heavy (non-hydrogen) atoms. The molecule has 1 amide bonds. The molecule has 1 saturated heterocycles. The molecule has 2 aromatic rings. The molecule has 148 valence electrons. The van der Waals surface area contributed by atoms with Crippen LogP contribution in [0.5, 0.6) is 0 Å². The Labute approximate surface area is 162 Å². The maximum absolute atomic E-state index is 13.1. The first-order chi connectivity index (χ1) is 13.5. The molecule has 0 saturated carbocycles. The third-order valence-electron chi connectivity index (χ3n) is 5.49. The molecule has 4 rings (SSSR count).